The first-order valence-electron chi connectivity index (χ1n) is 6.98. The molecule has 0 fully saturated rings. The molecule has 0 heterocycles. The van der Waals surface area contributed by atoms with Crippen LogP contribution in [0.3, 0.4) is 0 Å². The molecule has 0 aromatic heterocycles. The molecule has 0 saturated carbocycles. The van der Waals surface area contributed by atoms with Crippen molar-refractivity contribution in [3.63, 3.8) is 0 Å². The zero-order valence-electron chi connectivity index (χ0n) is 12.6. The minimum absolute atomic E-state index is 0.859. The standard InChI is InChI=1S/C16H26OSSi/c1-5-18-16(13-15-9-7-6-8-10-15)14-17-11-12-19(2,3)4/h6-10,14H,5,11-13H2,1-4H3/b16-14+. The van der Waals surface area contributed by atoms with Crippen molar-refractivity contribution >= 4 is 19.8 Å². The van der Waals surface area contributed by atoms with Gasteiger partial charge in [-0.05, 0) is 17.4 Å². The maximum absolute atomic E-state index is 5.75. The van der Waals surface area contributed by atoms with Gasteiger partial charge in [0.1, 0.15) is 0 Å². The van der Waals surface area contributed by atoms with Gasteiger partial charge in [0.25, 0.3) is 0 Å². The van der Waals surface area contributed by atoms with E-state index < -0.39 is 8.07 Å². The van der Waals surface area contributed by atoms with Crippen LogP contribution in [0.15, 0.2) is 41.5 Å². The molecule has 0 radical (unpaired) electrons. The van der Waals surface area contributed by atoms with Gasteiger partial charge in [-0.3, -0.25) is 0 Å². The molecular formula is C16H26OSSi. The van der Waals surface area contributed by atoms with Gasteiger partial charge in [0.05, 0.1) is 12.9 Å². The van der Waals surface area contributed by atoms with Gasteiger partial charge in [-0.1, -0.05) is 56.9 Å². The number of hydrogen-bond acceptors (Lipinski definition) is 2. The molecule has 1 aromatic carbocycles. The second-order valence-corrected chi connectivity index (χ2v) is 12.9. The average Bonchev–Trinajstić information content (AvgIpc) is 2.35. The largest absolute Gasteiger partial charge is 0.501 e. The molecule has 0 N–H and O–H groups in total. The number of benzene rings is 1. The third kappa shape index (κ3) is 8.17. The van der Waals surface area contributed by atoms with Gasteiger partial charge in [-0.25, -0.2) is 0 Å². The summed E-state index contributed by atoms with van der Waals surface area (Å²) in [6, 6.07) is 11.8. The molecule has 0 aliphatic carbocycles. The Bertz CT molecular complexity index is 381. The van der Waals surface area contributed by atoms with E-state index in [1.807, 2.05) is 18.0 Å². The van der Waals surface area contributed by atoms with E-state index in [0.29, 0.717) is 0 Å². The normalized spacial score (nSPS) is 12.5. The van der Waals surface area contributed by atoms with Crippen molar-refractivity contribution in [1.29, 1.82) is 0 Å². The van der Waals surface area contributed by atoms with E-state index >= 15 is 0 Å². The lowest BCUT2D eigenvalue weighted by Crippen LogP contribution is -2.21. The number of ether oxygens (including phenoxy) is 1. The highest BCUT2D eigenvalue weighted by Gasteiger charge is 2.12. The van der Waals surface area contributed by atoms with E-state index in [4.69, 9.17) is 4.74 Å². The zero-order valence-corrected chi connectivity index (χ0v) is 14.4. The Hall–Kier alpha value is -0.673. The Kier molecular flexibility index (Phi) is 7.32. The number of hydrogen-bond donors (Lipinski definition) is 0. The first-order valence-corrected chi connectivity index (χ1v) is 11.7. The molecular weight excluding hydrogens is 268 g/mol. The predicted octanol–water partition coefficient (Wildman–Crippen LogP) is 5.18. The van der Waals surface area contributed by atoms with Crippen molar-refractivity contribution in [2.45, 2.75) is 39.0 Å². The smallest absolute Gasteiger partial charge is 0.0927 e. The van der Waals surface area contributed by atoms with Gasteiger partial charge in [0.2, 0.25) is 0 Å². The summed E-state index contributed by atoms with van der Waals surface area (Å²) in [7, 11) is -0.983. The van der Waals surface area contributed by atoms with Crippen LogP contribution in [0.5, 0.6) is 0 Å². The Balaban J connectivity index is 2.47. The average molecular weight is 295 g/mol. The number of thioether (sulfide) groups is 1. The topological polar surface area (TPSA) is 9.23 Å². The van der Waals surface area contributed by atoms with Crippen LogP contribution in [0.4, 0.5) is 0 Å². The quantitative estimate of drug-likeness (QED) is 0.371. The lowest BCUT2D eigenvalue weighted by molar-refractivity contribution is 0.266. The van der Waals surface area contributed by atoms with Gasteiger partial charge < -0.3 is 4.74 Å². The van der Waals surface area contributed by atoms with E-state index in [1.54, 1.807) is 0 Å². The molecule has 1 nitrogen and oxygen atoms in total. The molecule has 106 valence electrons. The fraction of sp³-hybridized carbons (Fsp3) is 0.500. The third-order valence-electron chi connectivity index (χ3n) is 2.74. The minimum atomic E-state index is -0.983. The molecule has 1 rings (SSSR count). The predicted molar refractivity (Wildman–Crippen MR) is 90.5 cm³/mol. The van der Waals surface area contributed by atoms with Crippen LogP contribution >= 0.6 is 11.8 Å². The summed E-state index contributed by atoms with van der Waals surface area (Å²) in [5.41, 5.74) is 1.35. The van der Waals surface area contributed by atoms with Gasteiger partial charge >= 0.3 is 0 Å². The molecule has 0 bridgehead atoms. The lowest BCUT2D eigenvalue weighted by Gasteiger charge is -2.15. The number of rotatable bonds is 8. The Morgan fingerprint density at radius 2 is 1.89 bits per heavy atom. The summed E-state index contributed by atoms with van der Waals surface area (Å²) in [4.78, 5) is 1.32. The lowest BCUT2D eigenvalue weighted by atomic mass is 10.1. The Morgan fingerprint density at radius 1 is 1.21 bits per heavy atom. The van der Waals surface area contributed by atoms with Crippen molar-refractivity contribution in [2.75, 3.05) is 12.4 Å². The molecule has 0 amide bonds. The summed E-state index contributed by atoms with van der Waals surface area (Å²) >= 11 is 1.88. The van der Waals surface area contributed by atoms with E-state index in [2.05, 4.69) is 56.9 Å². The van der Waals surface area contributed by atoms with Crippen LogP contribution in [0.1, 0.15) is 12.5 Å². The van der Waals surface area contributed by atoms with Crippen molar-refractivity contribution in [1.82, 2.24) is 0 Å². The Morgan fingerprint density at radius 3 is 2.47 bits per heavy atom. The van der Waals surface area contributed by atoms with E-state index in [1.165, 1.54) is 16.5 Å². The van der Waals surface area contributed by atoms with Gasteiger partial charge in [-0.15, -0.1) is 11.8 Å². The van der Waals surface area contributed by atoms with Crippen LogP contribution in [0.2, 0.25) is 25.7 Å². The molecule has 0 spiro atoms. The zero-order chi connectivity index (χ0) is 14.1. The number of allylic oxidation sites excluding steroid dienone is 1. The highest BCUT2D eigenvalue weighted by Crippen LogP contribution is 2.20. The molecule has 3 heteroatoms. The van der Waals surface area contributed by atoms with Crippen LogP contribution in [0.25, 0.3) is 0 Å². The molecule has 0 aliphatic rings. The molecule has 0 unspecified atom stereocenters. The van der Waals surface area contributed by atoms with Crippen LogP contribution in [-0.2, 0) is 11.2 Å². The highest BCUT2D eigenvalue weighted by atomic mass is 32.2. The molecule has 0 aliphatic heterocycles. The third-order valence-corrected chi connectivity index (χ3v) is 5.34. The first-order chi connectivity index (χ1) is 9.01. The second-order valence-electron chi connectivity index (χ2n) is 5.86. The summed E-state index contributed by atoms with van der Waals surface area (Å²) in [5.74, 6) is 1.09. The maximum Gasteiger partial charge on any atom is 0.0927 e. The molecule has 0 atom stereocenters. The van der Waals surface area contributed by atoms with Crippen LogP contribution in [-0.4, -0.2) is 20.4 Å². The second kappa shape index (κ2) is 8.49. The van der Waals surface area contributed by atoms with Crippen molar-refractivity contribution < 1.29 is 4.74 Å². The van der Waals surface area contributed by atoms with E-state index in [-0.39, 0.29) is 0 Å². The van der Waals surface area contributed by atoms with Gasteiger partial charge in [0, 0.05) is 19.4 Å². The summed E-state index contributed by atoms with van der Waals surface area (Å²) in [6.07, 6.45) is 2.95. The van der Waals surface area contributed by atoms with Gasteiger partial charge in [0.15, 0.2) is 0 Å². The van der Waals surface area contributed by atoms with Gasteiger partial charge in [-0.2, -0.15) is 0 Å². The fourth-order valence-electron chi connectivity index (χ4n) is 1.63. The monoisotopic (exact) mass is 294 g/mol. The SMILES string of the molecule is CCS/C(=C/OCC[Si](C)(C)C)Cc1ccccc1. The molecule has 0 saturated heterocycles. The van der Waals surface area contributed by atoms with Crippen LogP contribution < -0.4 is 0 Å². The fourth-order valence-corrected chi connectivity index (χ4v) is 3.13. The Labute approximate surface area is 123 Å². The van der Waals surface area contributed by atoms with Crippen molar-refractivity contribution in [3.8, 4) is 0 Å². The van der Waals surface area contributed by atoms with Crippen LogP contribution in [0, 0.1) is 0 Å². The summed E-state index contributed by atoms with van der Waals surface area (Å²) in [5, 5.41) is 0. The molecule has 1 aromatic rings. The summed E-state index contributed by atoms with van der Waals surface area (Å²) < 4.78 is 5.75. The minimum Gasteiger partial charge on any atom is -0.501 e. The van der Waals surface area contributed by atoms with Crippen molar-refractivity contribution in [2.24, 2.45) is 0 Å². The highest BCUT2D eigenvalue weighted by molar-refractivity contribution is 8.03. The first kappa shape index (κ1) is 16.4. The van der Waals surface area contributed by atoms with Crippen molar-refractivity contribution in [3.05, 3.63) is 47.1 Å². The van der Waals surface area contributed by atoms with E-state index in [9.17, 15) is 0 Å². The molecule has 19 heavy (non-hydrogen) atoms. The maximum atomic E-state index is 5.75. The summed E-state index contributed by atoms with van der Waals surface area (Å²) in [6.45, 7) is 10.2. The van der Waals surface area contributed by atoms with E-state index in [0.717, 1.165) is 18.8 Å².